The monoisotopic (exact) mass is 372 g/mol. The molecule has 0 aliphatic carbocycles. The summed E-state index contributed by atoms with van der Waals surface area (Å²) in [5, 5.41) is 0. The average molecular weight is 372 g/mol. The summed E-state index contributed by atoms with van der Waals surface area (Å²) in [7, 11) is 0. The van der Waals surface area contributed by atoms with Crippen LogP contribution in [0.15, 0.2) is 48.5 Å². The van der Waals surface area contributed by atoms with Crippen molar-refractivity contribution in [2.75, 3.05) is 18.1 Å². The molecule has 0 spiro atoms. The molecule has 2 rings (SSSR count). The van der Waals surface area contributed by atoms with Crippen molar-refractivity contribution in [3.8, 4) is 0 Å². The lowest BCUT2D eigenvalue weighted by molar-refractivity contribution is -0.147. The molecule has 7 heteroatoms. The molecule has 0 fully saturated rings. The number of benzene rings is 2. The maximum absolute atomic E-state index is 13.1. The SMILES string of the molecule is Cc1ccc(CC(=O)OCC(=O)N(CCC(N)=O)c2ccc(F)cc2)cc1. The number of hydrogen-bond donors (Lipinski definition) is 1. The molecular weight excluding hydrogens is 351 g/mol. The van der Waals surface area contributed by atoms with Gasteiger partial charge in [0.05, 0.1) is 6.42 Å². The van der Waals surface area contributed by atoms with Gasteiger partial charge in [-0.15, -0.1) is 0 Å². The highest BCUT2D eigenvalue weighted by Gasteiger charge is 2.18. The first-order valence-electron chi connectivity index (χ1n) is 8.40. The summed E-state index contributed by atoms with van der Waals surface area (Å²) >= 11 is 0. The van der Waals surface area contributed by atoms with Gasteiger partial charge in [0, 0.05) is 18.7 Å². The van der Waals surface area contributed by atoms with Gasteiger partial charge < -0.3 is 15.4 Å². The van der Waals surface area contributed by atoms with Crippen LogP contribution < -0.4 is 10.6 Å². The smallest absolute Gasteiger partial charge is 0.310 e. The fourth-order valence-electron chi connectivity index (χ4n) is 2.38. The predicted molar refractivity (Wildman–Crippen MR) is 98.4 cm³/mol. The van der Waals surface area contributed by atoms with E-state index in [0.717, 1.165) is 11.1 Å². The Balaban J connectivity index is 1.97. The summed E-state index contributed by atoms with van der Waals surface area (Å²) in [6.45, 7) is 1.47. The summed E-state index contributed by atoms with van der Waals surface area (Å²) in [5.74, 6) is -2.10. The van der Waals surface area contributed by atoms with E-state index in [4.69, 9.17) is 10.5 Å². The Morgan fingerprint density at radius 1 is 1.04 bits per heavy atom. The van der Waals surface area contributed by atoms with Gasteiger partial charge in [0.2, 0.25) is 5.91 Å². The first kappa shape index (κ1) is 20.1. The molecule has 0 atom stereocenters. The quantitative estimate of drug-likeness (QED) is 0.719. The molecule has 2 amide bonds. The number of aryl methyl sites for hydroxylation is 1. The van der Waals surface area contributed by atoms with Gasteiger partial charge in [0.15, 0.2) is 6.61 Å². The Labute approximate surface area is 156 Å². The van der Waals surface area contributed by atoms with Crippen molar-refractivity contribution >= 4 is 23.5 Å². The minimum Gasteiger partial charge on any atom is -0.455 e. The number of hydrogen-bond acceptors (Lipinski definition) is 4. The average Bonchev–Trinajstić information content (AvgIpc) is 2.63. The number of rotatable bonds is 8. The minimum absolute atomic E-state index is 0.00924. The van der Waals surface area contributed by atoms with Crippen molar-refractivity contribution in [1.82, 2.24) is 0 Å². The van der Waals surface area contributed by atoms with E-state index in [9.17, 15) is 18.8 Å². The van der Waals surface area contributed by atoms with Crippen molar-refractivity contribution in [3.05, 3.63) is 65.5 Å². The fourth-order valence-corrected chi connectivity index (χ4v) is 2.38. The van der Waals surface area contributed by atoms with Crippen LogP contribution in [0.1, 0.15) is 17.5 Å². The number of primary amides is 1. The molecule has 0 aliphatic rings. The Morgan fingerprint density at radius 2 is 1.67 bits per heavy atom. The topological polar surface area (TPSA) is 89.7 Å². The third-order valence-corrected chi connectivity index (χ3v) is 3.85. The maximum Gasteiger partial charge on any atom is 0.310 e. The number of ether oxygens (including phenoxy) is 1. The highest BCUT2D eigenvalue weighted by atomic mass is 19.1. The molecule has 2 aromatic rings. The molecule has 2 N–H and O–H groups in total. The molecule has 142 valence electrons. The van der Waals surface area contributed by atoms with Crippen LogP contribution >= 0.6 is 0 Å². The van der Waals surface area contributed by atoms with Crippen LogP contribution in [0.3, 0.4) is 0 Å². The highest BCUT2D eigenvalue weighted by molar-refractivity contribution is 5.95. The van der Waals surface area contributed by atoms with Gasteiger partial charge in [0.25, 0.3) is 5.91 Å². The number of nitrogens with zero attached hydrogens (tertiary/aromatic N) is 1. The molecule has 2 aromatic carbocycles. The Kier molecular flexibility index (Phi) is 7.05. The molecule has 0 saturated heterocycles. The zero-order valence-electron chi connectivity index (χ0n) is 15.0. The van der Waals surface area contributed by atoms with Crippen molar-refractivity contribution in [2.24, 2.45) is 5.73 Å². The van der Waals surface area contributed by atoms with Gasteiger partial charge in [-0.2, -0.15) is 0 Å². The number of esters is 1. The summed E-state index contributed by atoms with van der Waals surface area (Å²) in [6, 6.07) is 12.6. The van der Waals surface area contributed by atoms with E-state index in [1.54, 1.807) is 0 Å². The number of carbonyl (C=O) groups is 3. The normalized spacial score (nSPS) is 10.3. The number of halogens is 1. The predicted octanol–water partition coefficient (Wildman–Crippen LogP) is 2.13. The third kappa shape index (κ3) is 6.54. The molecule has 27 heavy (non-hydrogen) atoms. The lowest BCUT2D eigenvalue weighted by atomic mass is 10.1. The minimum atomic E-state index is -0.578. The van der Waals surface area contributed by atoms with E-state index in [1.165, 1.54) is 29.2 Å². The van der Waals surface area contributed by atoms with Crippen molar-refractivity contribution in [2.45, 2.75) is 19.8 Å². The lowest BCUT2D eigenvalue weighted by Gasteiger charge is -2.22. The van der Waals surface area contributed by atoms with Gasteiger partial charge in [-0.25, -0.2) is 4.39 Å². The Bertz CT molecular complexity index is 804. The molecule has 0 bridgehead atoms. The van der Waals surface area contributed by atoms with Crippen LogP contribution in [0, 0.1) is 12.7 Å². The zero-order valence-corrected chi connectivity index (χ0v) is 15.0. The maximum atomic E-state index is 13.1. The second kappa shape index (κ2) is 9.47. The number of anilines is 1. The summed E-state index contributed by atoms with van der Waals surface area (Å²) in [4.78, 5) is 36.7. The number of nitrogens with two attached hydrogens (primary N) is 1. The van der Waals surface area contributed by atoms with Gasteiger partial charge in [0.1, 0.15) is 5.82 Å². The van der Waals surface area contributed by atoms with E-state index in [0.29, 0.717) is 5.69 Å². The van der Waals surface area contributed by atoms with Crippen LogP contribution in [0.4, 0.5) is 10.1 Å². The fraction of sp³-hybridized carbons (Fsp3) is 0.250. The Hall–Kier alpha value is -3.22. The van der Waals surface area contributed by atoms with Gasteiger partial charge in [-0.1, -0.05) is 29.8 Å². The van der Waals surface area contributed by atoms with E-state index in [2.05, 4.69) is 0 Å². The molecule has 0 aromatic heterocycles. The van der Waals surface area contributed by atoms with E-state index < -0.39 is 30.2 Å². The standard InChI is InChI=1S/C20H21FN2O4/c1-14-2-4-15(5-3-14)12-20(26)27-13-19(25)23(11-10-18(22)24)17-8-6-16(21)7-9-17/h2-9H,10-13H2,1H3,(H2,22,24). The van der Waals surface area contributed by atoms with Crippen LogP contribution in [0.2, 0.25) is 0 Å². The molecular formula is C20H21FN2O4. The van der Waals surface area contributed by atoms with Gasteiger partial charge in [-0.3, -0.25) is 14.4 Å². The molecule has 0 radical (unpaired) electrons. The molecule has 0 saturated carbocycles. The first-order chi connectivity index (χ1) is 12.8. The van der Waals surface area contributed by atoms with Crippen molar-refractivity contribution in [3.63, 3.8) is 0 Å². The van der Waals surface area contributed by atoms with Crippen molar-refractivity contribution in [1.29, 1.82) is 0 Å². The first-order valence-corrected chi connectivity index (χ1v) is 8.40. The summed E-state index contributed by atoms with van der Waals surface area (Å²) in [6.07, 6.45) is -0.0220. The molecule has 6 nitrogen and oxygen atoms in total. The van der Waals surface area contributed by atoms with Gasteiger partial charge >= 0.3 is 5.97 Å². The van der Waals surface area contributed by atoms with Crippen molar-refractivity contribution < 1.29 is 23.5 Å². The number of amides is 2. The molecule has 0 aliphatic heterocycles. The second-order valence-electron chi connectivity index (χ2n) is 6.06. The van der Waals surface area contributed by atoms with E-state index >= 15 is 0 Å². The second-order valence-corrected chi connectivity index (χ2v) is 6.06. The Morgan fingerprint density at radius 3 is 2.26 bits per heavy atom. The highest BCUT2D eigenvalue weighted by Crippen LogP contribution is 2.16. The van der Waals surface area contributed by atoms with E-state index in [-0.39, 0.29) is 19.4 Å². The summed E-state index contributed by atoms with van der Waals surface area (Å²) < 4.78 is 18.2. The van der Waals surface area contributed by atoms with Crippen LogP contribution in [0.5, 0.6) is 0 Å². The van der Waals surface area contributed by atoms with E-state index in [1.807, 2.05) is 31.2 Å². The van der Waals surface area contributed by atoms with Crippen LogP contribution in [0.25, 0.3) is 0 Å². The largest absolute Gasteiger partial charge is 0.455 e. The van der Waals surface area contributed by atoms with Gasteiger partial charge in [-0.05, 0) is 36.8 Å². The van der Waals surface area contributed by atoms with Crippen LogP contribution in [-0.2, 0) is 25.5 Å². The molecule has 0 heterocycles. The summed E-state index contributed by atoms with van der Waals surface area (Å²) in [5.41, 5.74) is 7.38. The zero-order chi connectivity index (χ0) is 19.8. The lowest BCUT2D eigenvalue weighted by Crippen LogP contribution is -2.37. The third-order valence-electron chi connectivity index (χ3n) is 3.85. The van der Waals surface area contributed by atoms with Crippen LogP contribution in [-0.4, -0.2) is 30.9 Å². The molecule has 0 unspecified atom stereocenters. The number of carbonyl (C=O) groups excluding carboxylic acids is 3.